The molecule has 3 aliphatic rings. The molecular weight excluding hydrogens is 460 g/mol. The molecule has 1 unspecified atom stereocenters. The first-order valence-corrected chi connectivity index (χ1v) is 13.4. The molecule has 3 heterocycles. The van der Waals surface area contributed by atoms with Gasteiger partial charge in [0.2, 0.25) is 5.92 Å². The lowest BCUT2D eigenvalue weighted by Gasteiger charge is -2.58. The van der Waals surface area contributed by atoms with Gasteiger partial charge in [0, 0.05) is 31.5 Å². The van der Waals surface area contributed by atoms with E-state index in [9.17, 15) is 8.78 Å². The quantitative estimate of drug-likeness (QED) is 0.447. The van der Waals surface area contributed by atoms with Crippen LogP contribution in [0.15, 0.2) is 25.0 Å². The van der Waals surface area contributed by atoms with Crippen LogP contribution >= 0.6 is 0 Å². The van der Waals surface area contributed by atoms with Crippen molar-refractivity contribution in [2.45, 2.75) is 96.1 Å². The van der Waals surface area contributed by atoms with E-state index in [1.54, 1.807) is 10.7 Å². The molecule has 3 aromatic heterocycles. The summed E-state index contributed by atoms with van der Waals surface area (Å²) in [5.41, 5.74) is 4.32. The number of hydrogen-bond acceptors (Lipinski definition) is 5. The first-order valence-electron chi connectivity index (χ1n) is 13.4. The SMILES string of the molecule is C=C(NC(c1cn2nc(C)c(C3CCCCC3)nc2n1)C1CC2(C1)CC(F)(F)C2)c1ccnn1CC. The summed E-state index contributed by atoms with van der Waals surface area (Å²) < 4.78 is 31.0. The highest BCUT2D eigenvalue weighted by Crippen LogP contribution is 2.66. The highest BCUT2D eigenvalue weighted by molar-refractivity contribution is 5.59. The third kappa shape index (κ3) is 4.10. The minimum Gasteiger partial charge on any atom is -0.375 e. The molecule has 1 atom stereocenters. The summed E-state index contributed by atoms with van der Waals surface area (Å²) in [5, 5.41) is 12.8. The molecule has 1 N–H and O–H groups in total. The molecule has 0 radical (unpaired) electrons. The summed E-state index contributed by atoms with van der Waals surface area (Å²) in [5.74, 6) is -1.25. The number of aryl methyl sites for hydroxylation is 2. The lowest BCUT2D eigenvalue weighted by atomic mass is 9.49. The van der Waals surface area contributed by atoms with Gasteiger partial charge in [-0.15, -0.1) is 0 Å². The first kappa shape index (κ1) is 23.6. The molecule has 0 amide bonds. The van der Waals surface area contributed by atoms with Crippen molar-refractivity contribution in [2.24, 2.45) is 11.3 Å². The molecule has 3 aliphatic carbocycles. The van der Waals surface area contributed by atoms with Crippen molar-refractivity contribution in [3.8, 4) is 0 Å². The molecule has 36 heavy (non-hydrogen) atoms. The van der Waals surface area contributed by atoms with Crippen LogP contribution < -0.4 is 5.32 Å². The van der Waals surface area contributed by atoms with E-state index >= 15 is 0 Å². The number of aromatic nitrogens is 6. The highest BCUT2D eigenvalue weighted by Gasteiger charge is 2.63. The smallest absolute Gasteiger partial charge is 0.251 e. The second-order valence-electron chi connectivity index (χ2n) is 11.3. The molecule has 0 aromatic carbocycles. The van der Waals surface area contributed by atoms with E-state index in [-0.39, 0.29) is 30.2 Å². The topological polar surface area (TPSA) is 72.9 Å². The van der Waals surface area contributed by atoms with Gasteiger partial charge < -0.3 is 5.32 Å². The molecule has 3 fully saturated rings. The van der Waals surface area contributed by atoms with Crippen LogP contribution in [0.1, 0.15) is 99.4 Å². The molecule has 3 saturated carbocycles. The van der Waals surface area contributed by atoms with E-state index in [2.05, 4.69) is 17.0 Å². The number of halogens is 2. The molecule has 3 aromatic rings. The molecule has 1 spiro atoms. The molecule has 6 rings (SSSR count). The van der Waals surface area contributed by atoms with Crippen LogP contribution in [0, 0.1) is 18.3 Å². The highest BCUT2D eigenvalue weighted by atomic mass is 19.3. The number of fused-ring (bicyclic) bond motifs is 1. The van der Waals surface area contributed by atoms with Gasteiger partial charge >= 0.3 is 0 Å². The summed E-state index contributed by atoms with van der Waals surface area (Å²) in [6.07, 6.45) is 11.3. The van der Waals surface area contributed by atoms with Crippen molar-refractivity contribution in [1.82, 2.24) is 34.7 Å². The molecule has 0 bridgehead atoms. The monoisotopic (exact) mass is 495 g/mol. The Kier molecular flexibility index (Phi) is 5.64. The third-order valence-electron chi connectivity index (χ3n) is 8.63. The largest absolute Gasteiger partial charge is 0.375 e. The van der Waals surface area contributed by atoms with E-state index in [4.69, 9.17) is 15.1 Å². The Labute approximate surface area is 210 Å². The average Bonchev–Trinajstić information content (AvgIpc) is 3.46. The number of imidazole rings is 1. The summed E-state index contributed by atoms with van der Waals surface area (Å²) in [7, 11) is 0. The molecule has 0 saturated heterocycles. The van der Waals surface area contributed by atoms with Gasteiger partial charge in [0.15, 0.2) is 0 Å². The van der Waals surface area contributed by atoms with E-state index < -0.39 is 5.92 Å². The third-order valence-corrected chi connectivity index (χ3v) is 8.63. The van der Waals surface area contributed by atoms with Crippen LogP contribution in [-0.4, -0.2) is 35.3 Å². The van der Waals surface area contributed by atoms with Crippen molar-refractivity contribution >= 4 is 11.5 Å². The van der Waals surface area contributed by atoms with Gasteiger partial charge in [-0.1, -0.05) is 25.8 Å². The van der Waals surface area contributed by atoms with Gasteiger partial charge in [-0.25, -0.2) is 23.3 Å². The Morgan fingerprint density at radius 2 is 1.94 bits per heavy atom. The Hall–Kier alpha value is -2.84. The Morgan fingerprint density at radius 1 is 1.19 bits per heavy atom. The van der Waals surface area contributed by atoms with Gasteiger partial charge in [-0.2, -0.15) is 10.2 Å². The van der Waals surface area contributed by atoms with Gasteiger partial charge in [0.25, 0.3) is 5.78 Å². The second-order valence-corrected chi connectivity index (χ2v) is 11.3. The average molecular weight is 496 g/mol. The minimum absolute atomic E-state index is 0.00495. The zero-order valence-corrected chi connectivity index (χ0v) is 21.2. The van der Waals surface area contributed by atoms with E-state index in [0.717, 1.165) is 60.7 Å². The maximum absolute atomic E-state index is 13.7. The fourth-order valence-corrected chi connectivity index (χ4v) is 7.00. The van der Waals surface area contributed by atoms with Crippen molar-refractivity contribution in [1.29, 1.82) is 0 Å². The van der Waals surface area contributed by atoms with Crippen LogP contribution in [0.4, 0.5) is 8.78 Å². The lowest BCUT2D eigenvalue weighted by molar-refractivity contribution is -0.210. The fraction of sp³-hybridized carbons (Fsp3) is 0.630. The number of nitrogens with one attached hydrogen (secondary N) is 1. The maximum Gasteiger partial charge on any atom is 0.251 e. The summed E-state index contributed by atoms with van der Waals surface area (Å²) >= 11 is 0. The maximum atomic E-state index is 13.7. The van der Waals surface area contributed by atoms with E-state index in [1.165, 1.54) is 19.3 Å². The molecule has 9 heteroatoms. The standard InChI is InChI=1S/C27H35F2N7/c1-4-35-22(10-11-30-35)17(2)31-24(20-12-26(13-20)15-27(28,29)16-26)21-14-36-25(32-21)33-23(18(3)34-36)19-8-6-5-7-9-19/h10-11,14,19-20,24,31H,2,4-9,12-13,15-16H2,1,3H3. The predicted octanol–water partition coefficient (Wildman–Crippen LogP) is 5.82. The van der Waals surface area contributed by atoms with Crippen LogP contribution in [0.25, 0.3) is 11.5 Å². The number of nitrogens with zero attached hydrogens (tertiary/aromatic N) is 6. The van der Waals surface area contributed by atoms with Gasteiger partial charge in [0.05, 0.1) is 40.7 Å². The molecule has 0 aliphatic heterocycles. The van der Waals surface area contributed by atoms with Crippen molar-refractivity contribution in [2.75, 3.05) is 0 Å². The van der Waals surface area contributed by atoms with Crippen molar-refractivity contribution < 1.29 is 8.78 Å². The van der Waals surface area contributed by atoms with Crippen LogP contribution in [0.5, 0.6) is 0 Å². The van der Waals surface area contributed by atoms with E-state index in [0.29, 0.717) is 11.7 Å². The van der Waals surface area contributed by atoms with Gasteiger partial charge in [-0.3, -0.25) is 4.68 Å². The van der Waals surface area contributed by atoms with E-state index in [1.807, 2.05) is 30.8 Å². The fourth-order valence-electron chi connectivity index (χ4n) is 7.00. The number of hydrogen-bond donors (Lipinski definition) is 1. The predicted molar refractivity (Wildman–Crippen MR) is 133 cm³/mol. The molecule has 192 valence electrons. The minimum atomic E-state index is -2.50. The number of alkyl halides is 2. The lowest BCUT2D eigenvalue weighted by Crippen LogP contribution is -2.55. The Balaban J connectivity index is 1.30. The zero-order valence-electron chi connectivity index (χ0n) is 21.2. The summed E-state index contributed by atoms with van der Waals surface area (Å²) in [6, 6.07) is 1.79. The van der Waals surface area contributed by atoms with Gasteiger partial charge in [-0.05, 0) is 56.9 Å². The normalized spacial score (nSPS) is 22.3. The van der Waals surface area contributed by atoms with Gasteiger partial charge in [0.1, 0.15) is 0 Å². The number of rotatable bonds is 7. The molecular formula is C27H35F2N7. The van der Waals surface area contributed by atoms with Crippen LogP contribution in [0.3, 0.4) is 0 Å². The second kappa shape index (κ2) is 8.63. The Morgan fingerprint density at radius 3 is 2.64 bits per heavy atom. The Bertz CT molecular complexity index is 1270. The molecule has 7 nitrogen and oxygen atoms in total. The van der Waals surface area contributed by atoms with Crippen LogP contribution in [-0.2, 0) is 6.54 Å². The van der Waals surface area contributed by atoms with Crippen LogP contribution in [0.2, 0.25) is 0 Å². The van der Waals surface area contributed by atoms with Crippen molar-refractivity contribution in [3.63, 3.8) is 0 Å². The summed E-state index contributed by atoms with van der Waals surface area (Å²) in [6.45, 7) is 9.10. The van der Waals surface area contributed by atoms with Crippen molar-refractivity contribution in [3.05, 3.63) is 47.8 Å². The summed E-state index contributed by atoms with van der Waals surface area (Å²) in [4.78, 5) is 9.89. The first-order chi connectivity index (χ1) is 17.3. The zero-order chi connectivity index (χ0) is 25.1.